The molecule has 2 nitrogen and oxygen atoms in total. The molecular formula is C17H28N2. The zero-order valence-corrected chi connectivity index (χ0v) is 12.7. The van der Waals surface area contributed by atoms with Crippen LogP contribution in [0.25, 0.3) is 0 Å². The lowest BCUT2D eigenvalue weighted by molar-refractivity contribution is 0.221. The van der Waals surface area contributed by atoms with Gasteiger partial charge >= 0.3 is 0 Å². The minimum Gasteiger partial charge on any atom is -0.385 e. The monoisotopic (exact) mass is 260 g/mol. The molecule has 1 aromatic carbocycles. The maximum atomic E-state index is 3.50. The van der Waals surface area contributed by atoms with Crippen LogP contribution in [-0.2, 0) is 6.54 Å². The van der Waals surface area contributed by atoms with E-state index in [1.54, 1.807) is 0 Å². The molecule has 0 aromatic heterocycles. The Hall–Kier alpha value is -1.02. The Labute approximate surface area is 118 Å². The van der Waals surface area contributed by atoms with E-state index in [1.165, 1.54) is 43.6 Å². The van der Waals surface area contributed by atoms with E-state index < -0.39 is 0 Å². The van der Waals surface area contributed by atoms with E-state index in [1.807, 2.05) is 0 Å². The first kappa shape index (κ1) is 14.4. The quantitative estimate of drug-likeness (QED) is 0.875. The van der Waals surface area contributed by atoms with Crippen molar-refractivity contribution in [1.29, 1.82) is 0 Å². The molecule has 0 aliphatic carbocycles. The Balaban J connectivity index is 1.83. The number of likely N-dealkylation sites (tertiary alicyclic amines) is 1. The number of nitrogens with one attached hydrogen (secondary N) is 1. The molecule has 0 saturated carbocycles. The molecule has 0 amide bonds. The number of anilines is 1. The summed E-state index contributed by atoms with van der Waals surface area (Å²) in [6.45, 7) is 11.4. The number of benzene rings is 1. The Bertz CT molecular complexity index is 369. The molecule has 0 bridgehead atoms. The molecule has 0 unspecified atom stereocenters. The molecule has 0 radical (unpaired) electrons. The van der Waals surface area contributed by atoms with Crippen LogP contribution in [0.2, 0.25) is 0 Å². The van der Waals surface area contributed by atoms with Gasteiger partial charge in [0.05, 0.1) is 0 Å². The number of hydrogen-bond acceptors (Lipinski definition) is 2. The van der Waals surface area contributed by atoms with Crippen molar-refractivity contribution in [3.63, 3.8) is 0 Å². The standard InChI is InChI=1S/C17H28N2/c1-17(2,3)14-18-16-9-7-15(8-10-16)13-19-11-5-4-6-12-19/h7-10,18H,4-6,11-14H2,1-3H3. The van der Waals surface area contributed by atoms with Crippen molar-refractivity contribution in [2.75, 3.05) is 25.0 Å². The Morgan fingerprint density at radius 2 is 1.63 bits per heavy atom. The molecule has 106 valence electrons. The van der Waals surface area contributed by atoms with Gasteiger partial charge in [-0.25, -0.2) is 0 Å². The molecular weight excluding hydrogens is 232 g/mol. The molecule has 1 saturated heterocycles. The molecule has 0 atom stereocenters. The minimum absolute atomic E-state index is 0.326. The van der Waals surface area contributed by atoms with Gasteiger partial charge in [0.1, 0.15) is 0 Å². The van der Waals surface area contributed by atoms with Gasteiger partial charge in [-0.05, 0) is 49.0 Å². The largest absolute Gasteiger partial charge is 0.385 e. The fourth-order valence-electron chi connectivity index (χ4n) is 2.47. The van der Waals surface area contributed by atoms with Crippen molar-refractivity contribution in [3.05, 3.63) is 29.8 Å². The normalized spacial score (nSPS) is 17.4. The average molecular weight is 260 g/mol. The maximum Gasteiger partial charge on any atom is 0.0340 e. The third kappa shape index (κ3) is 5.23. The summed E-state index contributed by atoms with van der Waals surface area (Å²) in [7, 11) is 0. The zero-order valence-electron chi connectivity index (χ0n) is 12.7. The summed E-state index contributed by atoms with van der Waals surface area (Å²) in [5.41, 5.74) is 2.99. The first-order valence-electron chi connectivity index (χ1n) is 7.58. The van der Waals surface area contributed by atoms with Gasteiger partial charge in [0.2, 0.25) is 0 Å². The highest BCUT2D eigenvalue weighted by Crippen LogP contribution is 2.17. The molecule has 2 rings (SSSR count). The van der Waals surface area contributed by atoms with E-state index in [-0.39, 0.29) is 0 Å². The van der Waals surface area contributed by atoms with E-state index in [4.69, 9.17) is 0 Å². The molecule has 1 aromatic rings. The maximum absolute atomic E-state index is 3.50. The lowest BCUT2D eigenvalue weighted by atomic mass is 9.97. The van der Waals surface area contributed by atoms with Crippen molar-refractivity contribution in [2.45, 2.75) is 46.6 Å². The van der Waals surface area contributed by atoms with Crippen LogP contribution in [0, 0.1) is 5.41 Å². The summed E-state index contributed by atoms with van der Waals surface area (Å²) >= 11 is 0. The zero-order chi connectivity index (χ0) is 13.7. The van der Waals surface area contributed by atoms with Crippen molar-refractivity contribution in [1.82, 2.24) is 4.90 Å². The third-order valence-electron chi connectivity index (χ3n) is 3.63. The second-order valence-electron chi connectivity index (χ2n) is 6.95. The van der Waals surface area contributed by atoms with E-state index in [0.29, 0.717) is 5.41 Å². The molecule has 0 spiro atoms. The van der Waals surface area contributed by atoms with Crippen LogP contribution in [-0.4, -0.2) is 24.5 Å². The molecule has 1 fully saturated rings. The second kappa shape index (κ2) is 6.42. The highest BCUT2D eigenvalue weighted by Gasteiger charge is 2.11. The topological polar surface area (TPSA) is 15.3 Å². The number of nitrogens with zero attached hydrogens (tertiary/aromatic N) is 1. The van der Waals surface area contributed by atoms with Gasteiger partial charge in [-0.2, -0.15) is 0 Å². The molecule has 2 heteroatoms. The second-order valence-corrected chi connectivity index (χ2v) is 6.95. The number of piperidine rings is 1. The minimum atomic E-state index is 0.326. The van der Waals surface area contributed by atoms with Gasteiger partial charge in [0.25, 0.3) is 0 Å². The molecule has 1 aliphatic rings. The first-order chi connectivity index (χ1) is 9.03. The lowest BCUT2D eigenvalue weighted by Crippen LogP contribution is -2.29. The summed E-state index contributed by atoms with van der Waals surface area (Å²) in [4.78, 5) is 2.57. The fraction of sp³-hybridized carbons (Fsp3) is 0.647. The van der Waals surface area contributed by atoms with E-state index in [9.17, 15) is 0 Å². The van der Waals surface area contributed by atoms with Crippen LogP contribution in [0.1, 0.15) is 45.6 Å². The SMILES string of the molecule is CC(C)(C)CNc1ccc(CN2CCCCC2)cc1. The van der Waals surface area contributed by atoms with Crippen LogP contribution < -0.4 is 5.32 Å². The van der Waals surface area contributed by atoms with Gasteiger partial charge in [0.15, 0.2) is 0 Å². The number of rotatable bonds is 4. The van der Waals surface area contributed by atoms with Crippen LogP contribution in [0.4, 0.5) is 5.69 Å². The van der Waals surface area contributed by atoms with Gasteiger partial charge in [-0.15, -0.1) is 0 Å². The van der Waals surface area contributed by atoms with E-state index >= 15 is 0 Å². The summed E-state index contributed by atoms with van der Waals surface area (Å²) in [6.07, 6.45) is 4.14. The van der Waals surface area contributed by atoms with Crippen molar-refractivity contribution >= 4 is 5.69 Å². The third-order valence-corrected chi connectivity index (χ3v) is 3.63. The van der Waals surface area contributed by atoms with Crippen molar-refractivity contribution in [2.24, 2.45) is 5.41 Å². The Kier molecular flexibility index (Phi) is 4.87. The van der Waals surface area contributed by atoms with Gasteiger partial charge < -0.3 is 5.32 Å². The van der Waals surface area contributed by atoms with Crippen molar-refractivity contribution < 1.29 is 0 Å². The predicted octanol–water partition coefficient (Wildman–Crippen LogP) is 4.13. The average Bonchev–Trinajstić information content (AvgIpc) is 2.38. The smallest absolute Gasteiger partial charge is 0.0340 e. The van der Waals surface area contributed by atoms with Crippen LogP contribution in [0.15, 0.2) is 24.3 Å². The summed E-state index contributed by atoms with van der Waals surface area (Å²) in [6, 6.07) is 8.95. The lowest BCUT2D eigenvalue weighted by Gasteiger charge is -2.26. The highest BCUT2D eigenvalue weighted by molar-refractivity contribution is 5.44. The summed E-state index contributed by atoms with van der Waals surface area (Å²) in [5.74, 6) is 0. The molecule has 1 N–H and O–H groups in total. The van der Waals surface area contributed by atoms with Crippen LogP contribution >= 0.6 is 0 Å². The van der Waals surface area contributed by atoms with Gasteiger partial charge in [-0.1, -0.05) is 39.3 Å². The van der Waals surface area contributed by atoms with Crippen molar-refractivity contribution in [3.8, 4) is 0 Å². The molecule has 1 aliphatic heterocycles. The molecule has 1 heterocycles. The Morgan fingerprint density at radius 3 is 2.21 bits per heavy atom. The van der Waals surface area contributed by atoms with Crippen LogP contribution in [0.5, 0.6) is 0 Å². The van der Waals surface area contributed by atoms with Gasteiger partial charge in [-0.3, -0.25) is 4.90 Å². The van der Waals surface area contributed by atoms with Gasteiger partial charge in [0, 0.05) is 18.8 Å². The summed E-state index contributed by atoms with van der Waals surface area (Å²) < 4.78 is 0. The number of hydrogen-bond donors (Lipinski definition) is 1. The van der Waals surface area contributed by atoms with E-state index in [2.05, 4.69) is 55.3 Å². The molecule has 19 heavy (non-hydrogen) atoms. The predicted molar refractivity (Wildman–Crippen MR) is 83.5 cm³/mol. The fourth-order valence-corrected chi connectivity index (χ4v) is 2.47. The highest BCUT2D eigenvalue weighted by atomic mass is 15.1. The summed E-state index contributed by atoms with van der Waals surface area (Å²) in [5, 5.41) is 3.50. The van der Waals surface area contributed by atoms with E-state index in [0.717, 1.165) is 13.1 Å². The Morgan fingerprint density at radius 1 is 1.00 bits per heavy atom. The van der Waals surface area contributed by atoms with Crippen LogP contribution in [0.3, 0.4) is 0 Å². The first-order valence-corrected chi connectivity index (χ1v) is 7.58.